The lowest BCUT2D eigenvalue weighted by molar-refractivity contribution is -0.133. The fourth-order valence-corrected chi connectivity index (χ4v) is 3.06. The van der Waals surface area contributed by atoms with Gasteiger partial charge in [0.15, 0.2) is 0 Å². The Labute approximate surface area is 98.4 Å². The molecule has 16 heavy (non-hydrogen) atoms. The van der Waals surface area contributed by atoms with Crippen molar-refractivity contribution in [3.63, 3.8) is 0 Å². The quantitative estimate of drug-likeness (QED) is 0.766. The second-order valence-corrected chi connectivity index (χ2v) is 5.69. The van der Waals surface area contributed by atoms with Crippen LogP contribution in [0.4, 0.5) is 0 Å². The van der Waals surface area contributed by atoms with E-state index >= 15 is 0 Å². The van der Waals surface area contributed by atoms with Crippen LogP contribution in [0, 0.1) is 11.3 Å². The molecular weight excluding hydrogens is 200 g/mol. The summed E-state index contributed by atoms with van der Waals surface area (Å²) in [6.07, 6.45) is 5.89. The smallest absolute Gasteiger partial charge is 0.228 e. The molecule has 1 atom stereocenters. The van der Waals surface area contributed by atoms with E-state index in [9.17, 15) is 4.79 Å². The van der Waals surface area contributed by atoms with Gasteiger partial charge in [-0.05, 0) is 31.7 Å². The van der Waals surface area contributed by atoms with Gasteiger partial charge < -0.3 is 10.6 Å². The number of carbonyl (C=O) groups is 1. The van der Waals surface area contributed by atoms with Crippen molar-refractivity contribution in [1.82, 2.24) is 10.6 Å². The summed E-state index contributed by atoms with van der Waals surface area (Å²) in [6.45, 7) is 6.17. The van der Waals surface area contributed by atoms with Crippen LogP contribution in [-0.2, 0) is 4.79 Å². The van der Waals surface area contributed by atoms with Gasteiger partial charge in [-0.2, -0.15) is 0 Å². The highest BCUT2D eigenvalue weighted by atomic mass is 16.2. The lowest BCUT2D eigenvalue weighted by Gasteiger charge is -2.32. The predicted octanol–water partition coefficient (Wildman–Crippen LogP) is 1.68. The van der Waals surface area contributed by atoms with Crippen molar-refractivity contribution in [3.8, 4) is 0 Å². The number of carbonyl (C=O) groups excluding carboxylic acids is 1. The molecule has 3 heteroatoms. The molecule has 92 valence electrons. The number of hydrogen-bond acceptors (Lipinski definition) is 2. The van der Waals surface area contributed by atoms with Crippen molar-refractivity contribution < 1.29 is 4.79 Å². The second-order valence-electron chi connectivity index (χ2n) is 5.69. The molecule has 0 bridgehead atoms. The fraction of sp³-hybridized carbons (Fsp3) is 0.923. The molecule has 2 rings (SSSR count). The Morgan fingerprint density at radius 3 is 2.56 bits per heavy atom. The maximum Gasteiger partial charge on any atom is 0.228 e. The van der Waals surface area contributed by atoms with Crippen molar-refractivity contribution in [3.05, 3.63) is 0 Å². The Hall–Kier alpha value is -0.570. The highest BCUT2D eigenvalue weighted by Gasteiger charge is 2.44. The number of rotatable bonds is 3. The van der Waals surface area contributed by atoms with Crippen molar-refractivity contribution in [2.75, 3.05) is 13.1 Å². The fourth-order valence-electron chi connectivity index (χ4n) is 3.06. The van der Waals surface area contributed by atoms with E-state index in [1.54, 1.807) is 0 Å². The number of hydrogen-bond donors (Lipinski definition) is 2. The molecule has 1 saturated heterocycles. The second kappa shape index (κ2) is 4.74. The summed E-state index contributed by atoms with van der Waals surface area (Å²) in [5.74, 6) is 0.711. The van der Waals surface area contributed by atoms with Gasteiger partial charge in [0.1, 0.15) is 0 Å². The largest absolute Gasteiger partial charge is 0.353 e. The van der Waals surface area contributed by atoms with Gasteiger partial charge in [0.2, 0.25) is 5.91 Å². The van der Waals surface area contributed by atoms with Crippen LogP contribution in [0.25, 0.3) is 0 Å². The molecule has 1 saturated carbocycles. The van der Waals surface area contributed by atoms with E-state index in [0.29, 0.717) is 17.9 Å². The Kier molecular flexibility index (Phi) is 3.53. The zero-order valence-electron chi connectivity index (χ0n) is 10.5. The van der Waals surface area contributed by atoms with Gasteiger partial charge in [-0.3, -0.25) is 4.79 Å². The van der Waals surface area contributed by atoms with E-state index < -0.39 is 0 Å². The third-order valence-electron chi connectivity index (χ3n) is 4.44. The monoisotopic (exact) mass is 224 g/mol. The Morgan fingerprint density at radius 2 is 2.06 bits per heavy atom. The highest BCUT2D eigenvalue weighted by Crippen LogP contribution is 2.35. The zero-order valence-corrected chi connectivity index (χ0v) is 10.5. The molecule has 1 amide bonds. The van der Waals surface area contributed by atoms with Crippen LogP contribution in [0.3, 0.4) is 0 Å². The molecule has 0 spiro atoms. The highest BCUT2D eigenvalue weighted by molar-refractivity contribution is 5.83. The van der Waals surface area contributed by atoms with Crippen LogP contribution in [0.15, 0.2) is 0 Å². The van der Waals surface area contributed by atoms with Crippen molar-refractivity contribution >= 4 is 5.91 Å². The van der Waals surface area contributed by atoms with Gasteiger partial charge >= 0.3 is 0 Å². The molecule has 0 aromatic heterocycles. The first-order chi connectivity index (χ1) is 7.65. The first-order valence-corrected chi connectivity index (χ1v) is 6.67. The molecule has 0 aromatic rings. The van der Waals surface area contributed by atoms with Gasteiger partial charge in [-0.25, -0.2) is 0 Å². The minimum absolute atomic E-state index is 0.150. The van der Waals surface area contributed by atoms with E-state index in [1.807, 2.05) is 0 Å². The molecule has 0 radical (unpaired) electrons. The van der Waals surface area contributed by atoms with E-state index in [2.05, 4.69) is 24.5 Å². The number of nitrogens with one attached hydrogen (secondary N) is 2. The first-order valence-electron chi connectivity index (χ1n) is 6.67. The molecule has 2 aliphatic rings. The van der Waals surface area contributed by atoms with E-state index in [1.165, 1.54) is 25.7 Å². The van der Waals surface area contributed by atoms with Crippen molar-refractivity contribution in [2.45, 2.75) is 52.0 Å². The third kappa shape index (κ3) is 2.10. The normalized spacial score (nSPS) is 31.2. The molecule has 2 fully saturated rings. The molecule has 3 nitrogen and oxygen atoms in total. The lowest BCUT2D eigenvalue weighted by atomic mass is 9.75. The van der Waals surface area contributed by atoms with Gasteiger partial charge in [0, 0.05) is 12.6 Å². The Balaban J connectivity index is 1.99. The standard InChI is InChI=1S/C13H24N2O/c1-10(2)13(7-8-14-9-13)12(16)15-11-5-3-4-6-11/h10-11,14H,3-9H2,1-2H3,(H,15,16). The maximum absolute atomic E-state index is 12.4. The zero-order chi connectivity index (χ0) is 11.6. The Bertz CT molecular complexity index is 251. The topological polar surface area (TPSA) is 41.1 Å². The summed E-state index contributed by atoms with van der Waals surface area (Å²) < 4.78 is 0. The van der Waals surface area contributed by atoms with Crippen LogP contribution in [0.2, 0.25) is 0 Å². The van der Waals surface area contributed by atoms with Crippen LogP contribution < -0.4 is 10.6 Å². The van der Waals surface area contributed by atoms with Gasteiger partial charge in [-0.1, -0.05) is 26.7 Å². The van der Waals surface area contributed by atoms with E-state index in [4.69, 9.17) is 0 Å². The minimum atomic E-state index is -0.150. The summed E-state index contributed by atoms with van der Waals surface area (Å²) in [4.78, 5) is 12.4. The summed E-state index contributed by atoms with van der Waals surface area (Å²) in [6, 6.07) is 0.448. The molecular formula is C13H24N2O. The molecule has 0 aromatic carbocycles. The molecule has 2 N–H and O–H groups in total. The van der Waals surface area contributed by atoms with Crippen molar-refractivity contribution in [1.29, 1.82) is 0 Å². The maximum atomic E-state index is 12.4. The third-order valence-corrected chi connectivity index (χ3v) is 4.44. The van der Waals surface area contributed by atoms with Crippen LogP contribution in [0.1, 0.15) is 46.0 Å². The number of amides is 1. The summed E-state index contributed by atoms with van der Waals surface area (Å²) in [7, 11) is 0. The first kappa shape index (κ1) is 11.9. The predicted molar refractivity (Wildman–Crippen MR) is 65.2 cm³/mol. The van der Waals surface area contributed by atoms with Gasteiger partial charge in [0.25, 0.3) is 0 Å². The summed E-state index contributed by atoms with van der Waals surface area (Å²) in [5.41, 5.74) is -0.150. The van der Waals surface area contributed by atoms with Crippen LogP contribution in [-0.4, -0.2) is 25.0 Å². The van der Waals surface area contributed by atoms with Crippen LogP contribution >= 0.6 is 0 Å². The van der Waals surface area contributed by atoms with Crippen LogP contribution in [0.5, 0.6) is 0 Å². The molecule has 1 aliphatic carbocycles. The molecule has 1 heterocycles. The summed E-state index contributed by atoms with van der Waals surface area (Å²) in [5, 5.41) is 6.60. The average molecular weight is 224 g/mol. The Morgan fingerprint density at radius 1 is 1.38 bits per heavy atom. The lowest BCUT2D eigenvalue weighted by Crippen LogP contribution is -2.48. The van der Waals surface area contributed by atoms with Gasteiger partial charge in [-0.15, -0.1) is 0 Å². The van der Waals surface area contributed by atoms with E-state index in [0.717, 1.165) is 19.5 Å². The summed E-state index contributed by atoms with van der Waals surface area (Å²) >= 11 is 0. The van der Waals surface area contributed by atoms with E-state index in [-0.39, 0.29) is 5.41 Å². The van der Waals surface area contributed by atoms with Crippen molar-refractivity contribution in [2.24, 2.45) is 11.3 Å². The average Bonchev–Trinajstić information content (AvgIpc) is 2.87. The minimum Gasteiger partial charge on any atom is -0.353 e. The SMILES string of the molecule is CC(C)C1(C(=O)NC2CCCC2)CCNC1. The molecule has 1 aliphatic heterocycles. The molecule has 1 unspecified atom stereocenters. The van der Waals surface area contributed by atoms with Gasteiger partial charge in [0.05, 0.1) is 5.41 Å².